The molecule has 4 nitrogen and oxygen atoms in total. The number of aliphatic hydroxyl groups is 1. The third-order valence-electron chi connectivity index (χ3n) is 3.18. The number of anilines is 1. The van der Waals surface area contributed by atoms with Crippen LogP contribution in [-0.2, 0) is 0 Å². The van der Waals surface area contributed by atoms with Gasteiger partial charge in [0, 0.05) is 18.8 Å². The molecule has 0 aromatic heterocycles. The van der Waals surface area contributed by atoms with E-state index in [0.717, 1.165) is 38.0 Å². The Labute approximate surface area is 100 Å². The topological polar surface area (TPSA) is 60.8 Å². The fourth-order valence-corrected chi connectivity index (χ4v) is 2.15. The van der Waals surface area contributed by atoms with Gasteiger partial charge >= 0.3 is 5.97 Å². The Morgan fingerprint density at radius 1 is 1.18 bits per heavy atom. The number of rotatable bonds is 2. The molecule has 0 saturated carbocycles. The van der Waals surface area contributed by atoms with Crippen LogP contribution in [0, 0.1) is 0 Å². The molecule has 92 valence electrons. The first-order valence-corrected chi connectivity index (χ1v) is 5.93. The molecule has 1 aromatic carbocycles. The first-order valence-electron chi connectivity index (χ1n) is 5.93. The van der Waals surface area contributed by atoms with E-state index >= 15 is 0 Å². The maximum atomic E-state index is 10.7. The molecule has 1 heterocycles. The highest BCUT2D eigenvalue weighted by Crippen LogP contribution is 2.20. The van der Waals surface area contributed by atoms with Crippen LogP contribution in [0.25, 0.3) is 0 Å². The predicted octanol–water partition coefficient (Wildman–Crippen LogP) is 1.74. The van der Waals surface area contributed by atoms with Gasteiger partial charge in [-0.05, 0) is 43.5 Å². The van der Waals surface area contributed by atoms with E-state index < -0.39 is 5.97 Å². The van der Waals surface area contributed by atoms with E-state index in [1.165, 1.54) is 0 Å². The zero-order valence-corrected chi connectivity index (χ0v) is 9.67. The number of hydrogen-bond acceptors (Lipinski definition) is 3. The second kappa shape index (κ2) is 5.19. The highest BCUT2D eigenvalue weighted by atomic mass is 16.4. The fraction of sp³-hybridized carbons (Fsp3) is 0.462. The number of aliphatic hydroxyl groups excluding tert-OH is 1. The highest BCUT2D eigenvalue weighted by Gasteiger charge is 2.15. The summed E-state index contributed by atoms with van der Waals surface area (Å²) in [7, 11) is 0. The van der Waals surface area contributed by atoms with Gasteiger partial charge in [0.25, 0.3) is 0 Å². The summed E-state index contributed by atoms with van der Waals surface area (Å²) in [6.07, 6.45) is 2.41. The normalized spacial score (nSPS) is 21.0. The molecule has 1 saturated heterocycles. The molecule has 0 amide bonds. The van der Waals surface area contributed by atoms with Crippen molar-refractivity contribution in [2.75, 3.05) is 18.0 Å². The molecule has 4 heteroatoms. The summed E-state index contributed by atoms with van der Waals surface area (Å²) in [6.45, 7) is 1.75. The van der Waals surface area contributed by atoms with Crippen molar-refractivity contribution in [2.45, 2.75) is 25.4 Å². The zero-order chi connectivity index (χ0) is 12.3. The maximum Gasteiger partial charge on any atom is 0.335 e. The Morgan fingerprint density at radius 2 is 1.88 bits per heavy atom. The van der Waals surface area contributed by atoms with Crippen LogP contribution in [0.1, 0.15) is 29.6 Å². The minimum atomic E-state index is -0.900. The lowest BCUT2D eigenvalue weighted by molar-refractivity contribution is 0.0697. The van der Waals surface area contributed by atoms with Gasteiger partial charge in [0.05, 0.1) is 11.7 Å². The molecule has 0 spiro atoms. The summed E-state index contributed by atoms with van der Waals surface area (Å²) in [6, 6.07) is 6.92. The summed E-state index contributed by atoms with van der Waals surface area (Å²) >= 11 is 0. The van der Waals surface area contributed by atoms with E-state index in [4.69, 9.17) is 5.11 Å². The van der Waals surface area contributed by atoms with Gasteiger partial charge in [-0.1, -0.05) is 0 Å². The highest BCUT2D eigenvalue weighted by molar-refractivity contribution is 5.88. The molecule has 0 aliphatic carbocycles. The van der Waals surface area contributed by atoms with Gasteiger partial charge < -0.3 is 15.1 Å². The Kier molecular flexibility index (Phi) is 3.64. The predicted molar refractivity (Wildman–Crippen MR) is 65.5 cm³/mol. The van der Waals surface area contributed by atoms with E-state index in [9.17, 15) is 9.90 Å². The number of aromatic carboxylic acids is 1. The van der Waals surface area contributed by atoms with Crippen molar-refractivity contribution in [3.8, 4) is 0 Å². The Morgan fingerprint density at radius 3 is 2.53 bits per heavy atom. The van der Waals surface area contributed by atoms with Gasteiger partial charge in [0.1, 0.15) is 0 Å². The quantitative estimate of drug-likeness (QED) is 0.819. The smallest absolute Gasteiger partial charge is 0.335 e. The molecule has 2 N–H and O–H groups in total. The van der Waals surface area contributed by atoms with Gasteiger partial charge in [0.2, 0.25) is 0 Å². The molecule has 1 aromatic rings. The van der Waals surface area contributed by atoms with Crippen molar-refractivity contribution < 1.29 is 15.0 Å². The standard InChI is InChI=1S/C13H17NO3/c15-12-2-1-8-14(9-7-12)11-5-3-10(4-6-11)13(16)17/h3-6,12,15H,1-2,7-9H2,(H,16,17). The molecule has 2 rings (SSSR count). The number of benzene rings is 1. The van der Waals surface area contributed by atoms with Gasteiger partial charge in [-0.25, -0.2) is 4.79 Å². The summed E-state index contributed by atoms with van der Waals surface area (Å²) in [5.74, 6) is -0.900. The van der Waals surface area contributed by atoms with Crippen LogP contribution in [0.2, 0.25) is 0 Å². The number of hydrogen-bond donors (Lipinski definition) is 2. The third-order valence-corrected chi connectivity index (χ3v) is 3.18. The lowest BCUT2D eigenvalue weighted by Gasteiger charge is -2.22. The molecule has 17 heavy (non-hydrogen) atoms. The average molecular weight is 235 g/mol. The first kappa shape index (κ1) is 11.9. The van der Waals surface area contributed by atoms with Crippen molar-refractivity contribution >= 4 is 11.7 Å². The van der Waals surface area contributed by atoms with Crippen LogP contribution in [0.5, 0.6) is 0 Å². The van der Waals surface area contributed by atoms with Crippen LogP contribution in [0.15, 0.2) is 24.3 Å². The molecule has 1 unspecified atom stereocenters. The molecule has 1 atom stereocenters. The number of nitrogens with zero attached hydrogens (tertiary/aromatic N) is 1. The average Bonchev–Trinajstić information content (AvgIpc) is 2.54. The number of carboxylic acid groups (broad SMARTS) is 1. The van der Waals surface area contributed by atoms with E-state index in [1.807, 2.05) is 12.1 Å². The van der Waals surface area contributed by atoms with E-state index in [-0.39, 0.29) is 6.10 Å². The number of carboxylic acids is 1. The van der Waals surface area contributed by atoms with E-state index in [0.29, 0.717) is 5.56 Å². The molecule has 1 fully saturated rings. The maximum absolute atomic E-state index is 10.7. The van der Waals surface area contributed by atoms with Crippen LogP contribution >= 0.6 is 0 Å². The molecular weight excluding hydrogens is 218 g/mol. The van der Waals surface area contributed by atoms with Crippen LogP contribution in [-0.4, -0.2) is 35.4 Å². The zero-order valence-electron chi connectivity index (χ0n) is 9.67. The first-order chi connectivity index (χ1) is 8.16. The Bertz CT molecular complexity index is 388. The van der Waals surface area contributed by atoms with Crippen molar-refractivity contribution in [3.63, 3.8) is 0 Å². The van der Waals surface area contributed by atoms with Crippen LogP contribution < -0.4 is 4.90 Å². The van der Waals surface area contributed by atoms with Crippen molar-refractivity contribution in [1.82, 2.24) is 0 Å². The molecule has 1 aliphatic heterocycles. The lowest BCUT2D eigenvalue weighted by Crippen LogP contribution is -2.24. The van der Waals surface area contributed by atoms with Crippen molar-refractivity contribution in [3.05, 3.63) is 29.8 Å². The molecular formula is C13H17NO3. The lowest BCUT2D eigenvalue weighted by atomic mass is 10.2. The summed E-state index contributed by atoms with van der Waals surface area (Å²) in [4.78, 5) is 12.9. The second-order valence-corrected chi connectivity index (χ2v) is 4.42. The summed E-state index contributed by atoms with van der Waals surface area (Å²) in [5.41, 5.74) is 1.34. The molecule has 0 bridgehead atoms. The largest absolute Gasteiger partial charge is 0.478 e. The van der Waals surface area contributed by atoms with Gasteiger partial charge in [-0.2, -0.15) is 0 Å². The Hall–Kier alpha value is -1.55. The summed E-state index contributed by atoms with van der Waals surface area (Å²) < 4.78 is 0. The monoisotopic (exact) mass is 235 g/mol. The third kappa shape index (κ3) is 2.97. The van der Waals surface area contributed by atoms with E-state index in [1.54, 1.807) is 12.1 Å². The summed E-state index contributed by atoms with van der Waals surface area (Å²) in [5, 5.41) is 18.4. The number of carbonyl (C=O) groups is 1. The Balaban J connectivity index is 2.08. The van der Waals surface area contributed by atoms with Crippen LogP contribution in [0.4, 0.5) is 5.69 Å². The van der Waals surface area contributed by atoms with Crippen molar-refractivity contribution in [1.29, 1.82) is 0 Å². The second-order valence-electron chi connectivity index (χ2n) is 4.42. The van der Waals surface area contributed by atoms with Crippen LogP contribution in [0.3, 0.4) is 0 Å². The van der Waals surface area contributed by atoms with Gasteiger partial charge in [-0.15, -0.1) is 0 Å². The minimum Gasteiger partial charge on any atom is -0.478 e. The molecule has 1 aliphatic rings. The minimum absolute atomic E-state index is 0.196. The van der Waals surface area contributed by atoms with E-state index in [2.05, 4.69) is 4.90 Å². The van der Waals surface area contributed by atoms with Gasteiger partial charge in [0.15, 0.2) is 0 Å². The molecule has 0 radical (unpaired) electrons. The SMILES string of the molecule is O=C(O)c1ccc(N2CCCC(O)CC2)cc1. The van der Waals surface area contributed by atoms with Gasteiger partial charge in [-0.3, -0.25) is 0 Å². The fourth-order valence-electron chi connectivity index (χ4n) is 2.15. The van der Waals surface area contributed by atoms with Crippen molar-refractivity contribution in [2.24, 2.45) is 0 Å².